The van der Waals surface area contributed by atoms with E-state index in [1.54, 1.807) is 17.5 Å². The molecule has 0 spiro atoms. The molecule has 0 saturated carbocycles. The van der Waals surface area contributed by atoms with Crippen LogP contribution in [0, 0.1) is 6.92 Å². The van der Waals surface area contributed by atoms with Crippen molar-refractivity contribution in [3.8, 4) is 11.5 Å². The summed E-state index contributed by atoms with van der Waals surface area (Å²) in [7, 11) is 1.62. The molecule has 0 aliphatic carbocycles. The zero-order chi connectivity index (χ0) is 14.8. The van der Waals surface area contributed by atoms with E-state index in [1.807, 2.05) is 31.2 Å². The molecule has 6 heteroatoms. The summed E-state index contributed by atoms with van der Waals surface area (Å²) in [6.07, 6.45) is 0.0125. The molecular weight excluding hydrogens is 288 g/mol. The van der Waals surface area contributed by atoms with Gasteiger partial charge in [0.2, 0.25) is 0 Å². The summed E-state index contributed by atoms with van der Waals surface area (Å²) in [6, 6.07) is 7.53. The van der Waals surface area contributed by atoms with Crippen LogP contribution in [0.5, 0.6) is 11.5 Å². The molecule has 1 aliphatic rings. The van der Waals surface area contributed by atoms with E-state index in [2.05, 4.69) is 4.98 Å². The van der Waals surface area contributed by atoms with E-state index in [0.29, 0.717) is 29.5 Å². The van der Waals surface area contributed by atoms with Crippen molar-refractivity contribution in [3.63, 3.8) is 0 Å². The van der Waals surface area contributed by atoms with Gasteiger partial charge in [-0.15, -0.1) is 11.3 Å². The summed E-state index contributed by atoms with van der Waals surface area (Å²) in [5.74, 6) is 1.46. The van der Waals surface area contributed by atoms with Crippen LogP contribution >= 0.6 is 11.3 Å². The highest BCUT2D eigenvalue weighted by atomic mass is 32.1. The lowest BCUT2D eigenvalue weighted by Gasteiger charge is -2.38. The van der Waals surface area contributed by atoms with Gasteiger partial charge in [0.15, 0.2) is 11.5 Å². The number of para-hydroxylation sites is 2. The van der Waals surface area contributed by atoms with E-state index >= 15 is 0 Å². The molecule has 1 saturated heterocycles. The fraction of sp³-hybridized carbons (Fsp3) is 0.333. The van der Waals surface area contributed by atoms with Crippen molar-refractivity contribution >= 4 is 17.2 Å². The number of carbonyl (C=O) groups excluding carboxylic acids is 1. The second kappa shape index (κ2) is 5.73. The summed E-state index contributed by atoms with van der Waals surface area (Å²) in [5, 5.41) is 0. The fourth-order valence-corrected chi connectivity index (χ4v) is 2.99. The van der Waals surface area contributed by atoms with Gasteiger partial charge in [-0.05, 0) is 19.1 Å². The lowest BCUT2D eigenvalue weighted by atomic mass is 10.1. The van der Waals surface area contributed by atoms with E-state index in [1.165, 1.54) is 11.3 Å². The van der Waals surface area contributed by atoms with Crippen LogP contribution in [0.1, 0.15) is 15.4 Å². The highest BCUT2D eigenvalue weighted by molar-refractivity contribution is 7.11. The summed E-state index contributed by atoms with van der Waals surface area (Å²) in [5.41, 5.74) is 2.49. The third-order valence-corrected chi connectivity index (χ3v) is 4.35. The molecule has 5 nitrogen and oxygen atoms in total. The third kappa shape index (κ3) is 2.71. The molecular formula is C15H16N2O3S. The Hall–Kier alpha value is -2.08. The van der Waals surface area contributed by atoms with Crippen LogP contribution < -0.4 is 9.47 Å². The maximum atomic E-state index is 12.2. The summed E-state index contributed by atoms with van der Waals surface area (Å²) in [4.78, 5) is 18.8. The molecule has 0 bridgehead atoms. The molecule has 2 aromatic rings. The molecule has 1 aromatic heterocycles. The quantitative estimate of drug-likeness (QED) is 0.870. The smallest absolute Gasteiger partial charge is 0.266 e. The second-order valence-corrected chi connectivity index (χ2v) is 5.72. The number of hydrogen-bond acceptors (Lipinski definition) is 5. The summed E-state index contributed by atoms with van der Waals surface area (Å²) >= 11 is 1.38. The number of benzene rings is 1. The minimum Gasteiger partial charge on any atom is -0.493 e. The molecule has 1 amide bonds. The molecule has 21 heavy (non-hydrogen) atoms. The van der Waals surface area contributed by atoms with Crippen LogP contribution in [0.3, 0.4) is 0 Å². The van der Waals surface area contributed by atoms with Gasteiger partial charge in [-0.2, -0.15) is 0 Å². The van der Waals surface area contributed by atoms with Gasteiger partial charge in [0.25, 0.3) is 5.91 Å². The summed E-state index contributed by atoms with van der Waals surface area (Å²) < 4.78 is 11.1. The van der Waals surface area contributed by atoms with Gasteiger partial charge in [0.05, 0.1) is 31.4 Å². The van der Waals surface area contributed by atoms with Crippen molar-refractivity contribution in [2.45, 2.75) is 13.0 Å². The molecule has 0 unspecified atom stereocenters. The number of nitrogens with zero attached hydrogens (tertiary/aromatic N) is 2. The van der Waals surface area contributed by atoms with E-state index in [-0.39, 0.29) is 12.0 Å². The average Bonchev–Trinajstić information content (AvgIpc) is 2.88. The van der Waals surface area contributed by atoms with Gasteiger partial charge in [0.1, 0.15) is 11.0 Å². The highest BCUT2D eigenvalue weighted by Crippen LogP contribution is 2.29. The first-order valence-corrected chi connectivity index (χ1v) is 7.56. The minimum atomic E-state index is 0.0125. The zero-order valence-electron chi connectivity index (χ0n) is 11.9. The molecule has 3 rings (SSSR count). The lowest BCUT2D eigenvalue weighted by molar-refractivity contribution is 0.0172. The van der Waals surface area contributed by atoms with Gasteiger partial charge < -0.3 is 14.4 Å². The Morgan fingerprint density at radius 3 is 2.67 bits per heavy atom. The van der Waals surface area contributed by atoms with Gasteiger partial charge in [-0.1, -0.05) is 12.1 Å². The number of ether oxygens (including phenoxy) is 2. The van der Waals surface area contributed by atoms with Crippen LogP contribution in [0.4, 0.5) is 0 Å². The van der Waals surface area contributed by atoms with E-state index in [0.717, 1.165) is 5.69 Å². The van der Waals surface area contributed by atoms with Crippen molar-refractivity contribution in [2.24, 2.45) is 0 Å². The Balaban J connectivity index is 1.59. The first kappa shape index (κ1) is 13.9. The number of amides is 1. The van der Waals surface area contributed by atoms with Crippen molar-refractivity contribution in [1.82, 2.24) is 9.88 Å². The van der Waals surface area contributed by atoms with Crippen molar-refractivity contribution < 1.29 is 14.3 Å². The maximum Gasteiger partial charge on any atom is 0.266 e. The van der Waals surface area contributed by atoms with Crippen LogP contribution in [0.15, 0.2) is 29.8 Å². The highest BCUT2D eigenvalue weighted by Gasteiger charge is 2.34. The monoisotopic (exact) mass is 304 g/mol. The lowest BCUT2D eigenvalue weighted by Crippen LogP contribution is -2.56. The van der Waals surface area contributed by atoms with Gasteiger partial charge in [0, 0.05) is 0 Å². The van der Waals surface area contributed by atoms with Gasteiger partial charge >= 0.3 is 0 Å². The van der Waals surface area contributed by atoms with Crippen LogP contribution in [-0.4, -0.2) is 42.1 Å². The largest absolute Gasteiger partial charge is 0.493 e. The van der Waals surface area contributed by atoms with Crippen molar-refractivity contribution in [1.29, 1.82) is 0 Å². The molecule has 0 radical (unpaired) electrons. The number of thiazole rings is 1. The molecule has 1 fully saturated rings. The molecule has 1 aromatic carbocycles. The van der Waals surface area contributed by atoms with Crippen LogP contribution in [-0.2, 0) is 0 Å². The van der Waals surface area contributed by atoms with E-state index in [9.17, 15) is 4.79 Å². The number of carbonyl (C=O) groups is 1. The van der Waals surface area contributed by atoms with Crippen LogP contribution in [0.2, 0.25) is 0 Å². The fourth-order valence-electron chi connectivity index (χ4n) is 2.23. The maximum absolute atomic E-state index is 12.2. The number of likely N-dealkylation sites (tertiary alicyclic amines) is 1. The molecule has 0 atom stereocenters. The Kier molecular flexibility index (Phi) is 3.79. The topological polar surface area (TPSA) is 51.7 Å². The first-order chi connectivity index (χ1) is 10.2. The molecule has 1 aliphatic heterocycles. The number of rotatable bonds is 4. The molecule has 0 N–H and O–H groups in total. The number of methoxy groups -OCH3 is 1. The number of aryl methyl sites for hydroxylation is 1. The molecule has 110 valence electrons. The Morgan fingerprint density at radius 1 is 1.33 bits per heavy atom. The first-order valence-electron chi connectivity index (χ1n) is 6.68. The van der Waals surface area contributed by atoms with Crippen molar-refractivity contribution in [2.75, 3.05) is 20.2 Å². The Labute approximate surface area is 127 Å². The molecule has 2 heterocycles. The normalized spacial score (nSPS) is 14.7. The predicted molar refractivity (Wildman–Crippen MR) is 80.2 cm³/mol. The van der Waals surface area contributed by atoms with Crippen molar-refractivity contribution in [3.05, 3.63) is 40.3 Å². The predicted octanol–water partition coefficient (Wildman–Crippen LogP) is 2.36. The standard InChI is InChI=1S/C15H16N2O3S/c1-10-14(21-9-16-10)15(18)17-7-11(8-17)20-13-6-4-3-5-12(13)19-2/h3-6,9,11H,7-8H2,1-2H3. The minimum absolute atomic E-state index is 0.0125. The average molecular weight is 304 g/mol. The number of hydrogen-bond donors (Lipinski definition) is 0. The van der Waals surface area contributed by atoms with Crippen LogP contribution in [0.25, 0.3) is 0 Å². The third-order valence-electron chi connectivity index (χ3n) is 3.44. The van der Waals surface area contributed by atoms with E-state index in [4.69, 9.17) is 9.47 Å². The Bertz CT molecular complexity index is 650. The Morgan fingerprint density at radius 2 is 2.05 bits per heavy atom. The van der Waals surface area contributed by atoms with E-state index < -0.39 is 0 Å². The van der Waals surface area contributed by atoms with Gasteiger partial charge in [-0.25, -0.2) is 4.98 Å². The summed E-state index contributed by atoms with van der Waals surface area (Å²) in [6.45, 7) is 3.04. The number of aromatic nitrogens is 1. The van der Waals surface area contributed by atoms with Gasteiger partial charge in [-0.3, -0.25) is 4.79 Å². The SMILES string of the molecule is COc1ccccc1OC1CN(C(=O)c2scnc2C)C1. The second-order valence-electron chi connectivity index (χ2n) is 4.87. The zero-order valence-corrected chi connectivity index (χ0v) is 12.7.